The van der Waals surface area contributed by atoms with E-state index >= 15 is 0 Å². The maximum absolute atomic E-state index is 12.9. The molecule has 1 aromatic heterocycles. The number of halogens is 1. The van der Waals surface area contributed by atoms with Gasteiger partial charge in [-0.1, -0.05) is 35.9 Å². The highest BCUT2D eigenvalue weighted by atomic mass is 35.5. The fraction of sp³-hybridized carbons (Fsp3) is 0.136. The van der Waals surface area contributed by atoms with Crippen molar-refractivity contribution in [2.24, 2.45) is 0 Å². The van der Waals surface area contributed by atoms with E-state index in [4.69, 9.17) is 16.3 Å². The predicted molar refractivity (Wildman–Crippen MR) is 117 cm³/mol. The van der Waals surface area contributed by atoms with Gasteiger partial charge in [0.15, 0.2) is 0 Å². The lowest BCUT2D eigenvalue weighted by atomic mass is 10.0. The lowest BCUT2D eigenvalue weighted by Crippen LogP contribution is -2.26. The van der Waals surface area contributed by atoms with Gasteiger partial charge in [-0.2, -0.15) is 5.10 Å². The number of anilines is 2. The normalized spacial score (nSPS) is 14.8. The number of amides is 1. The lowest BCUT2D eigenvalue weighted by molar-refractivity contribution is -0.132. The predicted octanol–water partition coefficient (Wildman–Crippen LogP) is 4.17. The van der Waals surface area contributed by atoms with Gasteiger partial charge in [0.1, 0.15) is 28.9 Å². The molecule has 1 amide bonds. The summed E-state index contributed by atoms with van der Waals surface area (Å²) in [6.45, 7) is 2.33. The van der Waals surface area contributed by atoms with Gasteiger partial charge in [0.25, 0.3) is 5.91 Å². The van der Waals surface area contributed by atoms with Crippen LogP contribution in [0.2, 0.25) is 5.02 Å². The number of carbonyl (C=O) groups excluding carboxylic acids is 1. The Morgan fingerprint density at radius 2 is 2.06 bits per heavy atom. The molecule has 0 aliphatic carbocycles. The number of nitrogens with zero attached hydrogens (tertiary/aromatic N) is 2. The van der Waals surface area contributed by atoms with Crippen LogP contribution < -0.4 is 15.4 Å². The molecule has 4 rings (SSSR count). The first-order valence-electron chi connectivity index (χ1n) is 9.56. The van der Waals surface area contributed by atoms with E-state index in [-0.39, 0.29) is 17.1 Å². The molecule has 1 aliphatic rings. The van der Waals surface area contributed by atoms with E-state index < -0.39 is 17.9 Å². The van der Waals surface area contributed by atoms with Gasteiger partial charge in [0.05, 0.1) is 12.8 Å². The zero-order chi connectivity index (χ0) is 22.0. The van der Waals surface area contributed by atoms with Crippen molar-refractivity contribution in [2.45, 2.75) is 13.0 Å². The maximum Gasteiger partial charge on any atom is 0.352 e. The summed E-state index contributed by atoms with van der Waals surface area (Å²) in [5.74, 6) is -0.702. The van der Waals surface area contributed by atoms with Crippen molar-refractivity contribution in [3.63, 3.8) is 0 Å². The number of carboxylic acids is 1. The standard InChI is InChI=1S/C22H19ClN4O4/c1-2-31-19-9-4-3-8-15(19)18-11-17(22(29)30)26-20-16(12-24-27(18)20)21(28)25-14-7-5-6-13(23)10-14/h3-12,18,26H,2H2,1H3,(H,25,28)(H,29,30)/t18-/m1/s1. The van der Waals surface area contributed by atoms with Crippen molar-refractivity contribution in [2.75, 3.05) is 17.2 Å². The summed E-state index contributed by atoms with van der Waals surface area (Å²) in [7, 11) is 0. The Labute approximate surface area is 183 Å². The van der Waals surface area contributed by atoms with Crippen molar-refractivity contribution in [1.29, 1.82) is 0 Å². The molecule has 0 bridgehead atoms. The van der Waals surface area contributed by atoms with Gasteiger partial charge < -0.3 is 20.5 Å². The molecule has 2 aromatic carbocycles. The van der Waals surface area contributed by atoms with E-state index in [0.29, 0.717) is 23.1 Å². The largest absolute Gasteiger partial charge is 0.494 e. The van der Waals surface area contributed by atoms with Gasteiger partial charge in [0.2, 0.25) is 0 Å². The minimum atomic E-state index is -1.15. The van der Waals surface area contributed by atoms with E-state index in [2.05, 4.69) is 15.7 Å². The number of aliphatic carboxylic acids is 1. The molecule has 3 aromatic rings. The fourth-order valence-corrected chi connectivity index (χ4v) is 3.57. The SMILES string of the molecule is CCOc1ccccc1[C@H]1C=C(C(=O)O)Nc2c(C(=O)Nc3cccc(Cl)c3)cnn21. The molecular weight excluding hydrogens is 420 g/mol. The average molecular weight is 439 g/mol. The van der Waals surface area contributed by atoms with Crippen LogP contribution in [0.15, 0.2) is 66.5 Å². The Morgan fingerprint density at radius 3 is 2.81 bits per heavy atom. The van der Waals surface area contributed by atoms with Gasteiger partial charge in [-0.05, 0) is 37.3 Å². The smallest absolute Gasteiger partial charge is 0.352 e. The van der Waals surface area contributed by atoms with Gasteiger partial charge >= 0.3 is 5.97 Å². The third-order valence-corrected chi connectivity index (χ3v) is 4.97. The molecule has 31 heavy (non-hydrogen) atoms. The number of para-hydroxylation sites is 1. The van der Waals surface area contributed by atoms with Crippen LogP contribution in [0.3, 0.4) is 0 Å². The molecule has 8 nitrogen and oxygen atoms in total. The Kier molecular flexibility index (Phi) is 5.64. The second-order valence-electron chi connectivity index (χ2n) is 6.74. The van der Waals surface area contributed by atoms with Crippen LogP contribution in [0.5, 0.6) is 5.75 Å². The first-order chi connectivity index (χ1) is 15.0. The highest BCUT2D eigenvalue weighted by Crippen LogP contribution is 2.36. The number of nitrogens with one attached hydrogen (secondary N) is 2. The second kappa shape index (κ2) is 8.53. The topological polar surface area (TPSA) is 105 Å². The number of allylic oxidation sites excluding steroid dienone is 1. The quantitative estimate of drug-likeness (QED) is 0.533. The average Bonchev–Trinajstić information content (AvgIpc) is 3.18. The fourth-order valence-electron chi connectivity index (χ4n) is 3.38. The van der Waals surface area contributed by atoms with Crippen LogP contribution in [0.1, 0.15) is 28.9 Å². The molecule has 3 N–H and O–H groups in total. The van der Waals surface area contributed by atoms with E-state index in [1.807, 2.05) is 31.2 Å². The van der Waals surface area contributed by atoms with Crippen molar-refractivity contribution in [3.05, 3.63) is 82.7 Å². The minimum Gasteiger partial charge on any atom is -0.494 e. The van der Waals surface area contributed by atoms with E-state index in [0.717, 1.165) is 5.56 Å². The molecule has 0 saturated carbocycles. The number of hydrogen-bond donors (Lipinski definition) is 3. The van der Waals surface area contributed by atoms with Gasteiger partial charge in [-0.15, -0.1) is 0 Å². The number of ether oxygens (including phenoxy) is 1. The van der Waals surface area contributed by atoms with Gasteiger partial charge in [-0.25, -0.2) is 9.48 Å². The molecule has 9 heteroatoms. The van der Waals surface area contributed by atoms with Gasteiger partial charge in [-0.3, -0.25) is 4.79 Å². The van der Waals surface area contributed by atoms with E-state index in [1.54, 1.807) is 35.0 Å². The zero-order valence-electron chi connectivity index (χ0n) is 16.5. The molecule has 0 spiro atoms. The van der Waals surface area contributed by atoms with E-state index in [9.17, 15) is 14.7 Å². The molecule has 0 saturated heterocycles. The number of hydrogen-bond acceptors (Lipinski definition) is 5. The van der Waals surface area contributed by atoms with Crippen LogP contribution in [-0.2, 0) is 4.79 Å². The van der Waals surface area contributed by atoms with E-state index in [1.165, 1.54) is 6.20 Å². The Balaban J connectivity index is 1.75. The van der Waals surface area contributed by atoms with Crippen LogP contribution in [0.4, 0.5) is 11.5 Å². The highest BCUT2D eigenvalue weighted by molar-refractivity contribution is 6.31. The van der Waals surface area contributed by atoms with Crippen molar-refractivity contribution in [3.8, 4) is 5.75 Å². The number of fused-ring (bicyclic) bond motifs is 1. The number of rotatable bonds is 6. The summed E-state index contributed by atoms with van der Waals surface area (Å²) in [5, 5.41) is 20.0. The number of carboxylic acid groups (broad SMARTS) is 1. The number of aromatic nitrogens is 2. The molecule has 0 radical (unpaired) electrons. The molecule has 1 atom stereocenters. The van der Waals surface area contributed by atoms with Crippen molar-refractivity contribution in [1.82, 2.24) is 9.78 Å². The summed E-state index contributed by atoms with van der Waals surface area (Å²) in [6, 6.07) is 13.5. The lowest BCUT2D eigenvalue weighted by Gasteiger charge is -2.25. The number of carbonyl (C=O) groups is 2. The first-order valence-corrected chi connectivity index (χ1v) is 9.94. The van der Waals surface area contributed by atoms with Crippen LogP contribution in [-0.4, -0.2) is 33.4 Å². The van der Waals surface area contributed by atoms with Crippen molar-refractivity contribution < 1.29 is 19.4 Å². The third-order valence-electron chi connectivity index (χ3n) is 4.73. The summed E-state index contributed by atoms with van der Waals surface area (Å²) in [6.07, 6.45) is 2.94. The molecular formula is C22H19ClN4O4. The molecule has 158 valence electrons. The third kappa shape index (κ3) is 4.10. The zero-order valence-corrected chi connectivity index (χ0v) is 17.3. The van der Waals surface area contributed by atoms with Crippen LogP contribution in [0, 0.1) is 0 Å². The highest BCUT2D eigenvalue weighted by Gasteiger charge is 2.30. The number of benzene rings is 2. The molecule has 2 heterocycles. The summed E-state index contributed by atoms with van der Waals surface area (Å²) < 4.78 is 7.28. The summed E-state index contributed by atoms with van der Waals surface area (Å²) >= 11 is 5.99. The maximum atomic E-state index is 12.9. The first kappa shape index (κ1) is 20.5. The molecule has 1 aliphatic heterocycles. The minimum absolute atomic E-state index is 0.0545. The second-order valence-corrected chi connectivity index (χ2v) is 7.18. The van der Waals surface area contributed by atoms with Gasteiger partial charge in [0, 0.05) is 16.3 Å². The summed E-state index contributed by atoms with van der Waals surface area (Å²) in [5.41, 5.74) is 1.39. The molecule has 0 unspecified atom stereocenters. The summed E-state index contributed by atoms with van der Waals surface area (Å²) in [4.78, 5) is 24.7. The van der Waals surface area contributed by atoms with Crippen molar-refractivity contribution >= 4 is 35.0 Å². The van der Waals surface area contributed by atoms with Crippen LogP contribution in [0.25, 0.3) is 0 Å². The monoisotopic (exact) mass is 438 g/mol. The Morgan fingerprint density at radius 1 is 1.26 bits per heavy atom. The Bertz CT molecular complexity index is 1190. The molecule has 0 fully saturated rings. The Hall–Kier alpha value is -3.78. The van der Waals surface area contributed by atoms with Crippen LogP contribution >= 0.6 is 11.6 Å².